The Morgan fingerprint density at radius 1 is 1.04 bits per heavy atom. The van der Waals surface area contributed by atoms with Crippen molar-refractivity contribution in [1.82, 2.24) is 9.21 Å². The summed E-state index contributed by atoms with van der Waals surface area (Å²) < 4.78 is 25.7. The van der Waals surface area contributed by atoms with E-state index in [1.54, 1.807) is 4.31 Å². The highest BCUT2D eigenvalue weighted by Gasteiger charge is 2.46. The molecule has 1 aromatic rings. The number of benzene rings is 1. The summed E-state index contributed by atoms with van der Waals surface area (Å²) >= 11 is 0. The minimum absolute atomic E-state index is 0.490. The molecule has 23 heavy (non-hydrogen) atoms. The van der Waals surface area contributed by atoms with Gasteiger partial charge in [0.05, 0.1) is 6.26 Å². The van der Waals surface area contributed by atoms with E-state index in [2.05, 4.69) is 35.2 Å². The molecule has 126 valence electrons. The third kappa shape index (κ3) is 2.94. The molecule has 0 aliphatic carbocycles. The molecule has 0 radical (unpaired) electrons. The van der Waals surface area contributed by atoms with Gasteiger partial charge in [-0.25, -0.2) is 12.7 Å². The van der Waals surface area contributed by atoms with Gasteiger partial charge in [-0.2, -0.15) is 0 Å². The molecule has 3 heterocycles. The average molecular weight is 334 g/mol. The lowest BCUT2D eigenvalue weighted by atomic mass is 9.74. The fourth-order valence-electron chi connectivity index (χ4n) is 5.07. The van der Waals surface area contributed by atoms with Gasteiger partial charge in [0.25, 0.3) is 0 Å². The van der Waals surface area contributed by atoms with Crippen LogP contribution in [-0.2, 0) is 10.0 Å². The molecule has 0 spiro atoms. The van der Waals surface area contributed by atoms with Gasteiger partial charge >= 0.3 is 0 Å². The van der Waals surface area contributed by atoms with Crippen LogP contribution in [0.5, 0.6) is 0 Å². The molecule has 4 nitrogen and oxygen atoms in total. The maximum atomic E-state index is 12.0. The third-order valence-electron chi connectivity index (χ3n) is 6.01. The van der Waals surface area contributed by atoms with Gasteiger partial charge in [0.2, 0.25) is 10.0 Å². The fraction of sp³-hybridized carbons (Fsp3) is 0.667. The van der Waals surface area contributed by atoms with Crippen molar-refractivity contribution in [3.63, 3.8) is 0 Å². The lowest BCUT2D eigenvalue weighted by Gasteiger charge is -2.54. The Kier molecular flexibility index (Phi) is 3.98. The van der Waals surface area contributed by atoms with E-state index in [1.807, 2.05) is 0 Å². The minimum atomic E-state index is -3.06. The molecule has 0 saturated carbocycles. The molecule has 3 aliphatic rings. The topological polar surface area (TPSA) is 40.6 Å². The second kappa shape index (κ2) is 5.87. The summed E-state index contributed by atoms with van der Waals surface area (Å²) in [4.78, 5) is 2.71. The van der Waals surface area contributed by atoms with Crippen LogP contribution < -0.4 is 0 Å². The predicted molar refractivity (Wildman–Crippen MR) is 91.5 cm³/mol. The maximum Gasteiger partial charge on any atom is 0.211 e. The van der Waals surface area contributed by atoms with E-state index >= 15 is 0 Å². The second-order valence-electron chi connectivity index (χ2n) is 7.56. The first-order valence-corrected chi connectivity index (χ1v) is 10.6. The van der Waals surface area contributed by atoms with Crippen LogP contribution in [0.25, 0.3) is 0 Å². The molecule has 3 saturated heterocycles. The second-order valence-corrected chi connectivity index (χ2v) is 9.55. The van der Waals surface area contributed by atoms with E-state index in [1.165, 1.54) is 37.5 Å². The van der Waals surface area contributed by atoms with Crippen molar-refractivity contribution in [1.29, 1.82) is 0 Å². The molecule has 1 aromatic carbocycles. The first-order chi connectivity index (χ1) is 11.0. The van der Waals surface area contributed by atoms with Crippen LogP contribution in [0.1, 0.15) is 37.3 Å². The standard InChI is InChI=1S/C18H26N2O2S/c1-23(21,22)19-11-14-10-16(13-19)18-9-5-8-17(20(18)12-14)15-6-3-2-4-7-15/h2-4,6-7,14,16-18H,5,8-13H2,1H3/t14-,16+,17+,18-/m0/s1. The van der Waals surface area contributed by atoms with Crippen molar-refractivity contribution in [3.8, 4) is 0 Å². The Balaban J connectivity index is 1.59. The van der Waals surface area contributed by atoms with Crippen LogP contribution >= 0.6 is 0 Å². The van der Waals surface area contributed by atoms with Crippen molar-refractivity contribution in [2.24, 2.45) is 11.8 Å². The van der Waals surface area contributed by atoms with Crippen molar-refractivity contribution >= 4 is 10.0 Å². The normalized spacial score (nSPS) is 35.7. The van der Waals surface area contributed by atoms with Crippen LogP contribution in [0.2, 0.25) is 0 Å². The largest absolute Gasteiger partial charge is 0.293 e. The number of hydrogen-bond donors (Lipinski definition) is 0. The highest BCUT2D eigenvalue weighted by atomic mass is 32.2. The Bertz CT molecular complexity index is 661. The van der Waals surface area contributed by atoms with Crippen molar-refractivity contribution in [3.05, 3.63) is 35.9 Å². The van der Waals surface area contributed by atoms with Crippen molar-refractivity contribution in [2.45, 2.75) is 37.8 Å². The summed E-state index contributed by atoms with van der Waals surface area (Å²) in [5, 5.41) is 0. The van der Waals surface area contributed by atoms with Gasteiger partial charge in [-0.15, -0.1) is 0 Å². The number of piperidine rings is 3. The zero-order valence-corrected chi connectivity index (χ0v) is 14.6. The van der Waals surface area contributed by atoms with E-state index in [0.717, 1.165) is 13.1 Å². The van der Waals surface area contributed by atoms with Gasteiger partial charge in [0.1, 0.15) is 0 Å². The molecule has 0 amide bonds. The molecule has 5 heteroatoms. The molecule has 0 N–H and O–H groups in total. The average Bonchev–Trinajstić information content (AvgIpc) is 2.54. The quantitative estimate of drug-likeness (QED) is 0.834. The van der Waals surface area contributed by atoms with E-state index in [-0.39, 0.29) is 0 Å². The zero-order valence-electron chi connectivity index (χ0n) is 13.8. The fourth-order valence-corrected chi connectivity index (χ4v) is 6.01. The molecular weight excluding hydrogens is 308 g/mol. The van der Waals surface area contributed by atoms with Crippen molar-refractivity contribution < 1.29 is 8.42 Å². The highest BCUT2D eigenvalue weighted by Crippen LogP contribution is 2.44. The van der Waals surface area contributed by atoms with Gasteiger partial charge in [-0.3, -0.25) is 4.90 Å². The highest BCUT2D eigenvalue weighted by molar-refractivity contribution is 7.88. The molecule has 4 rings (SSSR count). The Morgan fingerprint density at radius 2 is 1.83 bits per heavy atom. The smallest absolute Gasteiger partial charge is 0.211 e. The lowest BCUT2D eigenvalue weighted by molar-refractivity contribution is -0.0415. The molecule has 3 fully saturated rings. The number of nitrogens with zero attached hydrogens (tertiary/aromatic N) is 2. The van der Waals surface area contributed by atoms with Crippen LogP contribution in [0, 0.1) is 11.8 Å². The van der Waals surface area contributed by atoms with E-state index in [0.29, 0.717) is 30.5 Å². The predicted octanol–water partition coefficient (Wildman–Crippen LogP) is 2.49. The van der Waals surface area contributed by atoms with Gasteiger partial charge in [-0.05, 0) is 43.1 Å². The summed E-state index contributed by atoms with van der Waals surface area (Å²) in [5.74, 6) is 0.993. The van der Waals surface area contributed by atoms with E-state index < -0.39 is 10.0 Å². The lowest BCUT2D eigenvalue weighted by Crippen LogP contribution is -2.60. The maximum absolute atomic E-state index is 12.0. The zero-order chi connectivity index (χ0) is 16.0. The number of sulfonamides is 1. The first-order valence-electron chi connectivity index (χ1n) is 8.78. The minimum Gasteiger partial charge on any atom is -0.293 e. The van der Waals surface area contributed by atoms with Crippen LogP contribution in [0.15, 0.2) is 30.3 Å². The van der Waals surface area contributed by atoms with E-state index in [9.17, 15) is 8.42 Å². The number of hydrogen-bond acceptors (Lipinski definition) is 3. The van der Waals surface area contributed by atoms with Crippen LogP contribution in [-0.4, -0.2) is 49.6 Å². The van der Waals surface area contributed by atoms with Gasteiger partial charge < -0.3 is 0 Å². The first kappa shape index (κ1) is 15.6. The molecule has 3 aliphatic heterocycles. The Morgan fingerprint density at radius 3 is 2.57 bits per heavy atom. The molecule has 4 atom stereocenters. The molecule has 2 bridgehead atoms. The molecule has 0 unspecified atom stereocenters. The Hall–Kier alpha value is -0.910. The van der Waals surface area contributed by atoms with Crippen molar-refractivity contribution in [2.75, 3.05) is 25.9 Å². The summed E-state index contributed by atoms with van der Waals surface area (Å²) in [6.45, 7) is 2.48. The van der Waals surface area contributed by atoms with Gasteiger partial charge in [0.15, 0.2) is 0 Å². The Labute approximate surface area is 139 Å². The number of rotatable bonds is 2. The summed E-state index contributed by atoms with van der Waals surface area (Å²) in [6.07, 6.45) is 6.27. The summed E-state index contributed by atoms with van der Waals surface area (Å²) in [7, 11) is -3.06. The summed E-state index contributed by atoms with van der Waals surface area (Å²) in [6, 6.07) is 11.9. The van der Waals surface area contributed by atoms with Crippen LogP contribution in [0.3, 0.4) is 0 Å². The third-order valence-corrected chi connectivity index (χ3v) is 7.24. The van der Waals surface area contributed by atoms with Gasteiger partial charge in [-0.1, -0.05) is 30.3 Å². The summed E-state index contributed by atoms with van der Waals surface area (Å²) in [5.41, 5.74) is 1.43. The van der Waals surface area contributed by atoms with Gasteiger partial charge in [0, 0.05) is 31.7 Å². The SMILES string of the molecule is CS(=O)(=O)N1C[C@@H]2C[C@H](C1)[C@@H]1CCC[C@H](c3ccccc3)N1C2. The monoisotopic (exact) mass is 334 g/mol. The van der Waals surface area contributed by atoms with Crippen LogP contribution in [0.4, 0.5) is 0 Å². The molecule has 0 aromatic heterocycles. The number of fused-ring (bicyclic) bond motifs is 4. The van der Waals surface area contributed by atoms with E-state index in [4.69, 9.17) is 0 Å². The molecular formula is C18H26N2O2S.